The highest BCUT2D eigenvalue weighted by molar-refractivity contribution is 5.75. The molecule has 102 valence electrons. The maximum atomic E-state index is 4.63. The van der Waals surface area contributed by atoms with Gasteiger partial charge in [0.2, 0.25) is 0 Å². The summed E-state index contributed by atoms with van der Waals surface area (Å²) in [5.74, 6) is 1.08. The Kier molecular flexibility index (Phi) is 3.55. The molecule has 0 atom stereocenters. The van der Waals surface area contributed by atoms with Crippen molar-refractivity contribution in [2.24, 2.45) is 0 Å². The van der Waals surface area contributed by atoms with Gasteiger partial charge in [-0.25, -0.2) is 4.98 Å². The molecular formula is C18H20N2. The summed E-state index contributed by atoms with van der Waals surface area (Å²) in [5, 5.41) is 0. The van der Waals surface area contributed by atoms with E-state index in [0.717, 1.165) is 24.3 Å². The molecule has 0 N–H and O–H groups in total. The zero-order valence-corrected chi connectivity index (χ0v) is 12.1. The fraction of sp³-hybridized carbons (Fsp3) is 0.278. The number of aromatic nitrogens is 2. The summed E-state index contributed by atoms with van der Waals surface area (Å²) in [4.78, 5) is 4.63. The number of aryl methyl sites for hydroxylation is 2. The number of rotatable bonds is 4. The van der Waals surface area contributed by atoms with Crippen molar-refractivity contribution in [3.8, 4) is 0 Å². The van der Waals surface area contributed by atoms with Crippen LogP contribution in [0.2, 0.25) is 0 Å². The van der Waals surface area contributed by atoms with Crippen LogP contribution in [0.1, 0.15) is 30.3 Å². The third kappa shape index (κ3) is 2.46. The first-order chi connectivity index (χ1) is 9.78. The average Bonchev–Trinajstić information content (AvgIpc) is 2.76. The molecule has 0 saturated carbocycles. The van der Waals surface area contributed by atoms with Gasteiger partial charge in [-0.15, -0.1) is 0 Å². The molecule has 2 heteroatoms. The molecule has 3 rings (SSSR count). The van der Waals surface area contributed by atoms with Crippen molar-refractivity contribution in [3.63, 3.8) is 0 Å². The molecule has 1 heterocycles. The van der Waals surface area contributed by atoms with Crippen LogP contribution in [0.3, 0.4) is 0 Å². The van der Waals surface area contributed by atoms with E-state index in [-0.39, 0.29) is 0 Å². The first kappa shape index (κ1) is 12.9. The summed E-state index contributed by atoms with van der Waals surface area (Å²) in [7, 11) is 0. The maximum Gasteiger partial charge on any atom is 0.107 e. The summed E-state index contributed by atoms with van der Waals surface area (Å²) >= 11 is 0. The van der Waals surface area contributed by atoms with E-state index in [1.807, 2.05) is 6.07 Å². The van der Waals surface area contributed by atoms with Crippen LogP contribution >= 0.6 is 0 Å². The van der Waals surface area contributed by atoms with Gasteiger partial charge in [0.25, 0.3) is 0 Å². The van der Waals surface area contributed by atoms with Crippen LogP contribution in [-0.2, 0) is 13.0 Å². The molecule has 0 saturated heterocycles. The highest BCUT2D eigenvalue weighted by Gasteiger charge is 2.07. The standard InChI is InChI=1S/C18H20N2/c1-3-7-15-8-6-9-16(12-15)13-20-14(2)19-17-10-4-5-11-18(17)20/h4-6,8-12H,3,7,13H2,1-2H3. The van der Waals surface area contributed by atoms with E-state index in [4.69, 9.17) is 0 Å². The zero-order chi connectivity index (χ0) is 13.9. The first-order valence-electron chi connectivity index (χ1n) is 7.27. The van der Waals surface area contributed by atoms with Crippen LogP contribution in [0, 0.1) is 6.92 Å². The van der Waals surface area contributed by atoms with Gasteiger partial charge in [-0.1, -0.05) is 49.7 Å². The van der Waals surface area contributed by atoms with E-state index in [1.54, 1.807) is 0 Å². The quantitative estimate of drug-likeness (QED) is 0.685. The molecule has 1 aromatic heterocycles. The van der Waals surface area contributed by atoms with E-state index < -0.39 is 0 Å². The van der Waals surface area contributed by atoms with Gasteiger partial charge in [0.15, 0.2) is 0 Å². The maximum absolute atomic E-state index is 4.63. The molecule has 20 heavy (non-hydrogen) atoms. The van der Waals surface area contributed by atoms with Gasteiger partial charge in [-0.3, -0.25) is 0 Å². The van der Waals surface area contributed by atoms with Crippen molar-refractivity contribution >= 4 is 11.0 Å². The van der Waals surface area contributed by atoms with Crippen LogP contribution in [0.15, 0.2) is 48.5 Å². The minimum absolute atomic E-state index is 0.893. The summed E-state index contributed by atoms with van der Waals surface area (Å²) in [6.07, 6.45) is 2.34. The molecule has 3 aromatic rings. The van der Waals surface area contributed by atoms with E-state index in [9.17, 15) is 0 Å². The Morgan fingerprint density at radius 3 is 2.65 bits per heavy atom. The van der Waals surface area contributed by atoms with Crippen molar-refractivity contribution < 1.29 is 0 Å². The predicted molar refractivity (Wildman–Crippen MR) is 84.0 cm³/mol. The van der Waals surface area contributed by atoms with Crippen LogP contribution in [-0.4, -0.2) is 9.55 Å². The fourth-order valence-corrected chi connectivity index (χ4v) is 2.75. The zero-order valence-electron chi connectivity index (χ0n) is 12.1. The molecule has 2 nitrogen and oxygen atoms in total. The number of para-hydroxylation sites is 2. The van der Waals surface area contributed by atoms with Gasteiger partial charge in [0.1, 0.15) is 5.82 Å². The molecule has 0 fully saturated rings. The monoisotopic (exact) mass is 264 g/mol. The Balaban J connectivity index is 1.96. The van der Waals surface area contributed by atoms with Gasteiger partial charge in [0, 0.05) is 6.54 Å². The lowest BCUT2D eigenvalue weighted by Gasteiger charge is -2.08. The number of hydrogen-bond donors (Lipinski definition) is 0. The number of imidazole rings is 1. The second-order valence-corrected chi connectivity index (χ2v) is 5.30. The minimum Gasteiger partial charge on any atom is -0.324 e. The molecule has 0 radical (unpaired) electrons. The van der Waals surface area contributed by atoms with Crippen molar-refractivity contribution in [3.05, 3.63) is 65.5 Å². The second-order valence-electron chi connectivity index (χ2n) is 5.30. The summed E-state index contributed by atoms with van der Waals surface area (Å²) < 4.78 is 2.29. The third-order valence-corrected chi connectivity index (χ3v) is 3.72. The molecule has 0 aliphatic heterocycles. The number of nitrogens with zero attached hydrogens (tertiary/aromatic N) is 2. The molecule has 0 aliphatic carbocycles. The predicted octanol–water partition coefficient (Wildman–Crippen LogP) is 4.35. The largest absolute Gasteiger partial charge is 0.324 e. The van der Waals surface area contributed by atoms with Crippen LogP contribution in [0.25, 0.3) is 11.0 Å². The minimum atomic E-state index is 0.893. The van der Waals surface area contributed by atoms with Gasteiger partial charge >= 0.3 is 0 Å². The number of fused-ring (bicyclic) bond motifs is 1. The average molecular weight is 264 g/mol. The Morgan fingerprint density at radius 1 is 1.00 bits per heavy atom. The molecule has 0 aliphatic rings. The second kappa shape index (κ2) is 5.49. The van der Waals surface area contributed by atoms with E-state index in [2.05, 4.69) is 65.9 Å². The Bertz CT molecular complexity index is 725. The highest BCUT2D eigenvalue weighted by atomic mass is 15.1. The number of hydrogen-bond acceptors (Lipinski definition) is 1. The SMILES string of the molecule is CCCc1cccc(Cn2c(C)nc3ccccc32)c1. The smallest absolute Gasteiger partial charge is 0.107 e. The molecule has 0 amide bonds. The van der Waals surface area contributed by atoms with Crippen molar-refractivity contribution in [2.75, 3.05) is 0 Å². The lowest BCUT2D eigenvalue weighted by atomic mass is 10.1. The molecule has 0 bridgehead atoms. The van der Waals surface area contributed by atoms with E-state index in [1.165, 1.54) is 23.1 Å². The summed E-state index contributed by atoms with van der Waals surface area (Å²) in [5.41, 5.74) is 5.06. The Hall–Kier alpha value is -2.09. The van der Waals surface area contributed by atoms with Crippen LogP contribution in [0.4, 0.5) is 0 Å². The van der Waals surface area contributed by atoms with Gasteiger partial charge in [-0.05, 0) is 36.6 Å². The molecular weight excluding hydrogens is 244 g/mol. The van der Waals surface area contributed by atoms with E-state index >= 15 is 0 Å². The third-order valence-electron chi connectivity index (χ3n) is 3.72. The lowest BCUT2D eigenvalue weighted by Crippen LogP contribution is -2.02. The van der Waals surface area contributed by atoms with Gasteiger partial charge < -0.3 is 4.57 Å². The van der Waals surface area contributed by atoms with Crippen molar-refractivity contribution in [1.82, 2.24) is 9.55 Å². The van der Waals surface area contributed by atoms with E-state index in [0.29, 0.717) is 0 Å². The van der Waals surface area contributed by atoms with Crippen LogP contribution < -0.4 is 0 Å². The topological polar surface area (TPSA) is 17.8 Å². The van der Waals surface area contributed by atoms with Crippen molar-refractivity contribution in [1.29, 1.82) is 0 Å². The fourth-order valence-electron chi connectivity index (χ4n) is 2.75. The molecule has 0 unspecified atom stereocenters. The Labute approximate surface area is 120 Å². The molecule has 2 aromatic carbocycles. The lowest BCUT2D eigenvalue weighted by molar-refractivity contribution is 0.783. The highest BCUT2D eigenvalue weighted by Crippen LogP contribution is 2.18. The number of benzene rings is 2. The normalized spacial score (nSPS) is 11.1. The summed E-state index contributed by atoms with van der Waals surface area (Å²) in [6.45, 7) is 5.19. The van der Waals surface area contributed by atoms with Crippen molar-refractivity contribution in [2.45, 2.75) is 33.2 Å². The van der Waals surface area contributed by atoms with Gasteiger partial charge in [-0.2, -0.15) is 0 Å². The molecule has 0 spiro atoms. The van der Waals surface area contributed by atoms with Gasteiger partial charge in [0.05, 0.1) is 11.0 Å². The summed E-state index contributed by atoms with van der Waals surface area (Å²) in [6, 6.07) is 17.2. The van der Waals surface area contributed by atoms with Crippen LogP contribution in [0.5, 0.6) is 0 Å². The Morgan fingerprint density at radius 2 is 1.80 bits per heavy atom. The first-order valence-corrected chi connectivity index (χ1v) is 7.27.